The molecule has 8 nitrogen and oxygen atoms in total. The van der Waals surface area contributed by atoms with Crippen LogP contribution in [-0.2, 0) is 0 Å². The number of pyridine rings is 2. The molecule has 1 unspecified atom stereocenters. The molecule has 3 aromatic rings. The normalized spacial score (nSPS) is 22.8. The quantitative estimate of drug-likeness (QED) is 0.649. The zero-order valence-corrected chi connectivity index (χ0v) is 17.3. The van der Waals surface area contributed by atoms with Gasteiger partial charge in [0.05, 0.1) is 17.9 Å². The molecule has 2 aliphatic rings. The maximum atomic E-state index is 13.0. The number of nitrogens with zero attached hydrogens (tertiary/aromatic N) is 4. The number of hydrogen-bond acceptors (Lipinski definition) is 6. The Balaban J connectivity index is 1.31. The van der Waals surface area contributed by atoms with Gasteiger partial charge in [-0.1, -0.05) is 0 Å². The van der Waals surface area contributed by atoms with E-state index in [2.05, 4.69) is 25.6 Å². The average molecular weight is 424 g/mol. The van der Waals surface area contributed by atoms with Gasteiger partial charge in [-0.15, -0.1) is 0 Å². The van der Waals surface area contributed by atoms with Crippen LogP contribution in [0.5, 0.6) is 0 Å². The highest BCUT2D eigenvalue weighted by molar-refractivity contribution is 5.92. The van der Waals surface area contributed by atoms with E-state index < -0.39 is 0 Å². The number of anilines is 1. The van der Waals surface area contributed by atoms with Gasteiger partial charge in [0.2, 0.25) is 0 Å². The second-order valence-corrected chi connectivity index (χ2v) is 8.26. The van der Waals surface area contributed by atoms with E-state index in [-0.39, 0.29) is 30.8 Å². The third kappa shape index (κ3) is 3.97. The summed E-state index contributed by atoms with van der Waals surface area (Å²) in [5, 5.41) is 7.07. The van der Waals surface area contributed by atoms with Crippen LogP contribution in [0.15, 0.2) is 35.1 Å². The number of hydrogen-bond donors (Lipinski definition) is 2. The maximum absolute atomic E-state index is 13.0. The van der Waals surface area contributed by atoms with E-state index in [0.717, 1.165) is 42.1 Å². The lowest BCUT2D eigenvalue weighted by molar-refractivity contribution is 0.141. The van der Waals surface area contributed by atoms with Crippen molar-refractivity contribution in [1.29, 1.82) is 0 Å². The number of carbonyl (C=O) groups excluding carboxylic acids is 1. The van der Waals surface area contributed by atoms with Gasteiger partial charge in [0.1, 0.15) is 12.5 Å². The molecule has 2 amide bonds. The smallest absolute Gasteiger partial charge is 0.323 e. The first kappa shape index (κ1) is 19.9. The molecule has 5 heterocycles. The van der Waals surface area contributed by atoms with Crippen LogP contribution in [0.25, 0.3) is 22.2 Å². The number of aryl methyl sites for hydroxylation is 1. The number of fused-ring (bicyclic) bond motifs is 3. The molecule has 5 rings (SSSR count). The molecule has 2 fully saturated rings. The molecule has 3 atom stereocenters. The van der Waals surface area contributed by atoms with E-state index in [4.69, 9.17) is 4.42 Å². The molecule has 0 aromatic carbocycles. The van der Waals surface area contributed by atoms with Crippen molar-refractivity contribution in [2.75, 3.05) is 18.5 Å². The molecule has 2 N–H and O–H groups in total. The first-order valence-corrected chi connectivity index (χ1v) is 10.7. The summed E-state index contributed by atoms with van der Waals surface area (Å²) in [6.45, 7) is 1.81. The van der Waals surface area contributed by atoms with Crippen molar-refractivity contribution in [3.8, 4) is 11.3 Å². The molecule has 3 aromatic heterocycles. The fraction of sp³-hybridized carbons (Fsp3) is 0.455. The number of rotatable bonds is 5. The lowest BCUT2D eigenvalue weighted by Crippen LogP contribution is -2.53. The predicted octanol–water partition coefficient (Wildman–Crippen LogP) is 3.68. The Morgan fingerprint density at radius 3 is 2.68 bits per heavy atom. The third-order valence-corrected chi connectivity index (χ3v) is 6.20. The van der Waals surface area contributed by atoms with E-state index in [9.17, 15) is 9.18 Å². The van der Waals surface area contributed by atoms with Gasteiger partial charge in [-0.25, -0.2) is 19.2 Å². The van der Waals surface area contributed by atoms with Crippen LogP contribution in [0.4, 0.5) is 15.0 Å². The number of piperidine rings is 1. The van der Waals surface area contributed by atoms with Crippen molar-refractivity contribution in [1.82, 2.24) is 25.2 Å². The Morgan fingerprint density at radius 2 is 1.97 bits per heavy atom. The summed E-state index contributed by atoms with van der Waals surface area (Å²) < 4.78 is 18.1. The number of carbonyl (C=O) groups is 1. The van der Waals surface area contributed by atoms with Crippen molar-refractivity contribution in [2.45, 2.75) is 50.7 Å². The van der Waals surface area contributed by atoms with Crippen molar-refractivity contribution >= 4 is 22.8 Å². The standard InChI is InChI=1S/C22H25FN6O2/c1-13-25-12-20(31-13)15-6-14-7-21(27-11-19(14)26-10-15)28-22(30)29-17-2-3-18(29)9-16(8-17)24-5-4-23/h6-7,10-12,16-18,24H,2-5,8-9H2,1H3,(H,27,28,30)/t16?,17-,18+. The van der Waals surface area contributed by atoms with Gasteiger partial charge in [-0.05, 0) is 37.8 Å². The molecular weight excluding hydrogens is 399 g/mol. The SMILES string of the molecule is Cc1ncc(-c2cnc3cnc(NC(=O)N4[C@@H]5CC[C@H]4CC(NCCF)C5)cc3c2)o1. The Labute approximate surface area is 179 Å². The van der Waals surface area contributed by atoms with E-state index in [1.54, 1.807) is 25.5 Å². The molecule has 2 saturated heterocycles. The highest BCUT2D eigenvalue weighted by Gasteiger charge is 2.43. The van der Waals surface area contributed by atoms with Crippen LogP contribution in [-0.4, -0.2) is 57.2 Å². The van der Waals surface area contributed by atoms with Crippen LogP contribution in [0.3, 0.4) is 0 Å². The minimum Gasteiger partial charge on any atom is -0.441 e. The number of alkyl halides is 1. The van der Waals surface area contributed by atoms with Crippen molar-refractivity contribution in [2.24, 2.45) is 0 Å². The third-order valence-electron chi connectivity index (χ3n) is 6.20. The van der Waals surface area contributed by atoms with E-state index >= 15 is 0 Å². The van der Waals surface area contributed by atoms with Crippen LogP contribution < -0.4 is 10.6 Å². The van der Waals surface area contributed by atoms with Crippen LogP contribution in [0.1, 0.15) is 31.6 Å². The van der Waals surface area contributed by atoms with Gasteiger partial charge in [-0.3, -0.25) is 10.3 Å². The number of oxazole rings is 1. The molecular formula is C22H25FN6O2. The summed E-state index contributed by atoms with van der Waals surface area (Å²) in [5.74, 6) is 1.73. The van der Waals surface area contributed by atoms with Gasteiger partial charge >= 0.3 is 6.03 Å². The molecule has 2 bridgehead atoms. The zero-order valence-electron chi connectivity index (χ0n) is 17.3. The fourth-order valence-corrected chi connectivity index (χ4v) is 4.84. The maximum Gasteiger partial charge on any atom is 0.323 e. The van der Waals surface area contributed by atoms with Crippen LogP contribution >= 0.6 is 0 Å². The van der Waals surface area contributed by atoms with Crippen LogP contribution in [0, 0.1) is 6.92 Å². The number of amides is 2. The summed E-state index contributed by atoms with van der Waals surface area (Å²) in [6.07, 6.45) is 8.74. The summed E-state index contributed by atoms with van der Waals surface area (Å²) in [4.78, 5) is 27.9. The van der Waals surface area contributed by atoms with Crippen molar-refractivity contribution < 1.29 is 13.6 Å². The number of urea groups is 1. The second kappa shape index (κ2) is 8.22. The highest BCUT2D eigenvalue weighted by atomic mass is 19.1. The Morgan fingerprint density at radius 1 is 1.16 bits per heavy atom. The number of aromatic nitrogens is 3. The molecule has 0 radical (unpaired) electrons. The van der Waals surface area contributed by atoms with Gasteiger partial charge in [0.15, 0.2) is 11.7 Å². The Bertz CT molecular complexity index is 1090. The summed E-state index contributed by atoms with van der Waals surface area (Å²) in [7, 11) is 0. The first-order chi connectivity index (χ1) is 15.1. The van der Waals surface area contributed by atoms with Gasteiger partial charge in [-0.2, -0.15) is 0 Å². The highest BCUT2D eigenvalue weighted by Crippen LogP contribution is 2.36. The topological polar surface area (TPSA) is 96.2 Å². The van der Waals surface area contributed by atoms with E-state index in [1.165, 1.54) is 0 Å². The van der Waals surface area contributed by atoms with E-state index in [0.29, 0.717) is 24.0 Å². The molecule has 31 heavy (non-hydrogen) atoms. The first-order valence-electron chi connectivity index (χ1n) is 10.7. The van der Waals surface area contributed by atoms with Gasteiger partial charge in [0.25, 0.3) is 0 Å². The monoisotopic (exact) mass is 424 g/mol. The summed E-state index contributed by atoms with van der Waals surface area (Å²) in [5.41, 5.74) is 1.55. The van der Waals surface area contributed by atoms with E-state index in [1.807, 2.05) is 17.0 Å². The largest absolute Gasteiger partial charge is 0.441 e. The minimum atomic E-state index is -0.365. The predicted molar refractivity (Wildman–Crippen MR) is 114 cm³/mol. The molecule has 162 valence electrons. The van der Waals surface area contributed by atoms with Gasteiger partial charge < -0.3 is 14.6 Å². The average Bonchev–Trinajstić information content (AvgIpc) is 3.32. The molecule has 0 saturated carbocycles. The molecule has 0 aliphatic carbocycles. The van der Waals surface area contributed by atoms with Crippen LogP contribution in [0.2, 0.25) is 0 Å². The number of halogens is 1. The molecule has 0 spiro atoms. The number of nitrogens with one attached hydrogen (secondary N) is 2. The van der Waals surface area contributed by atoms with Crippen molar-refractivity contribution in [3.63, 3.8) is 0 Å². The van der Waals surface area contributed by atoms with Gasteiger partial charge in [0, 0.05) is 48.7 Å². The lowest BCUT2D eigenvalue weighted by atomic mass is 9.97. The molecule has 9 heteroatoms. The Kier molecular flexibility index (Phi) is 5.27. The zero-order chi connectivity index (χ0) is 21.4. The summed E-state index contributed by atoms with van der Waals surface area (Å²) >= 11 is 0. The Hall–Kier alpha value is -3.07. The molecule has 2 aliphatic heterocycles. The minimum absolute atomic E-state index is 0.127. The summed E-state index contributed by atoms with van der Waals surface area (Å²) in [6, 6.07) is 4.28. The lowest BCUT2D eigenvalue weighted by Gasteiger charge is -2.39. The van der Waals surface area contributed by atoms with Crippen molar-refractivity contribution in [3.05, 3.63) is 36.6 Å². The second-order valence-electron chi connectivity index (χ2n) is 8.26. The fourth-order valence-electron chi connectivity index (χ4n) is 4.84.